The van der Waals surface area contributed by atoms with Gasteiger partial charge in [-0.15, -0.1) is 0 Å². The van der Waals surface area contributed by atoms with E-state index in [0.29, 0.717) is 17.6 Å². The van der Waals surface area contributed by atoms with Crippen LogP contribution in [0.15, 0.2) is 6.33 Å². The summed E-state index contributed by atoms with van der Waals surface area (Å²) in [5, 5.41) is 0. The zero-order valence-corrected chi connectivity index (χ0v) is 18.5. The van der Waals surface area contributed by atoms with Gasteiger partial charge in [-0.2, -0.15) is 9.97 Å². The van der Waals surface area contributed by atoms with Gasteiger partial charge in [0.25, 0.3) is 0 Å². The first-order chi connectivity index (χ1) is 14.0. The van der Waals surface area contributed by atoms with E-state index in [-0.39, 0.29) is 17.7 Å². The second-order valence-electron chi connectivity index (χ2n) is 7.88. The summed E-state index contributed by atoms with van der Waals surface area (Å²) in [5.74, 6) is 0.361. The normalized spacial score (nSPS) is 26.7. The molecule has 3 unspecified atom stereocenters. The van der Waals surface area contributed by atoms with Gasteiger partial charge in [-0.1, -0.05) is 13.8 Å². The zero-order valence-electron chi connectivity index (χ0n) is 17.6. The summed E-state index contributed by atoms with van der Waals surface area (Å²) >= 11 is 0. The maximum atomic E-state index is 12.5. The molecule has 1 aliphatic rings. The largest absolute Gasteiger partial charge is 0.472 e. The molecule has 1 saturated heterocycles. The molecule has 0 radical (unpaired) electrons. The van der Waals surface area contributed by atoms with Gasteiger partial charge in [0.1, 0.15) is 17.7 Å². The van der Waals surface area contributed by atoms with E-state index in [0.717, 1.165) is 0 Å². The minimum atomic E-state index is -4.35. The number of nitrogens with zero attached hydrogens (tertiary/aromatic N) is 4. The van der Waals surface area contributed by atoms with Gasteiger partial charge in [-0.05, 0) is 26.2 Å². The fourth-order valence-electron chi connectivity index (χ4n) is 3.55. The van der Waals surface area contributed by atoms with Crippen LogP contribution in [0.2, 0.25) is 0 Å². The summed E-state index contributed by atoms with van der Waals surface area (Å²) in [6.07, 6.45) is -1.35. The Morgan fingerprint density at radius 3 is 2.57 bits per heavy atom. The molecule has 5 N–H and O–H groups in total. The van der Waals surface area contributed by atoms with Crippen molar-refractivity contribution >= 4 is 30.8 Å². The van der Waals surface area contributed by atoms with Gasteiger partial charge in [0, 0.05) is 7.11 Å². The Hall–Kier alpha value is -1.82. The maximum Gasteiger partial charge on any atom is 0.472 e. The second kappa shape index (κ2) is 8.74. The molecule has 30 heavy (non-hydrogen) atoms. The van der Waals surface area contributed by atoms with Crippen LogP contribution >= 0.6 is 7.82 Å². The summed E-state index contributed by atoms with van der Waals surface area (Å²) in [6, 6.07) is 0. The molecule has 13 heteroatoms. The number of hydrogen-bond acceptors (Lipinski definition) is 10. The van der Waals surface area contributed by atoms with Crippen LogP contribution in [-0.4, -0.2) is 55.9 Å². The number of imidazole rings is 1. The van der Waals surface area contributed by atoms with E-state index in [4.69, 9.17) is 30.0 Å². The number of nitrogens with two attached hydrogens (primary N) is 2. The first kappa shape index (κ1) is 22.9. The highest BCUT2D eigenvalue weighted by atomic mass is 31.2. The molecule has 0 bridgehead atoms. The molecular weight excluding hydrogens is 415 g/mol. The number of fused-ring (bicyclic) bond motifs is 1. The predicted octanol–water partition coefficient (Wildman–Crippen LogP) is 1.86. The number of ether oxygens (including phenoxy) is 2. The van der Waals surface area contributed by atoms with Gasteiger partial charge in [-0.25, -0.2) is 9.55 Å². The highest BCUT2D eigenvalue weighted by molar-refractivity contribution is 7.47. The first-order valence-corrected chi connectivity index (χ1v) is 11.1. The third-order valence-electron chi connectivity index (χ3n) is 4.60. The predicted molar refractivity (Wildman–Crippen MR) is 109 cm³/mol. The van der Waals surface area contributed by atoms with E-state index in [1.165, 1.54) is 13.4 Å². The Morgan fingerprint density at radius 2 is 1.97 bits per heavy atom. The summed E-state index contributed by atoms with van der Waals surface area (Å²) in [5.41, 5.74) is 12.4. The fourth-order valence-corrected chi connectivity index (χ4v) is 4.70. The lowest BCUT2D eigenvalue weighted by atomic mass is 10.0. The summed E-state index contributed by atoms with van der Waals surface area (Å²) < 4.78 is 36.6. The number of aromatic nitrogens is 4. The third kappa shape index (κ3) is 4.74. The highest BCUT2D eigenvalue weighted by Crippen LogP contribution is 2.50. The number of methoxy groups -OCH3 is 1. The lowest BCUT2D eigenvalue weighted by molar-refractivity contribution is -0.0520. The van der Waals surface area contributed by atoms with Crippen molar-refractivity contribution in [1.29, 1.82) is 0 Å². The van der Waals surface area contributed by atoms with E-state index in [1.807, 2.05) is 13.8 Å². The van der Waals surface area contributed by atoms with Crippen molar-refractivity contribution in [3.05, 3.63) is 6.33 Å². The second-order valence-corrected chi connectivity index (χ2v) is 9.24. The topological polar surface area (TPSA) is 170 Å². The zero-order chi connectivity index (χ0) is 22.2. The number of phosphoric acid groups is 1. The minimum Gasteiger partial charge on any atom is -0.382 e. The summed E-state index contributed by atoms with van der Waals surface area (Å²) in [7, 11) is -2.88. The number of nitrogen functional groups attached to an aromatic ring is 2. The molecule has 12 nitrogen and oxygen atoms in total. The Balaban J connectivity index is 1.99. The summed E-state index contributed by atoms with van der Waals surface area (Å²) in [4.78, 5) is 22.6. The maximum absolute atomic E-state index is 12.5. The SMILES string of the molecule is COC1C(OP(=O)(O)OC(C)C)[C@@H](CC(C)C)O[C@H]1n1cnc2c(N)nc(N)nc21. The quantitative estimate of drug-likeness (QED) is 0.508. The minimum absolute atomic E-state index is 0.00885. The lowest BCUT2D eigenvalue weighted by Crippen LogP contribution is -2.36. The number of rotatable bonds is 8. The number of anilines is 2. The molecule has 3 rings (SSSR count). The molecule has 168 valence electrons. The lowest BCUT2D eigenvalue weighted by Gasteiger charge is -2.26. The molecule has 0 saturated carbocycles. The van der Waals surface area contributed by atoms with Crippen LogP contribution in [0.1, 0.15) is 40.3 Å². The Kier molecular flexibility index (Phi) is 6.66. The van der Waals surface area contributed by atoms with Gasteiger partial charge in [0.2, 0.25) is 5.95 Å². The van der Waals surface area contributed by atoms with Crippen LogP contribution < -0.4 is 11.5 Å². The average Bonchev–Trinajstić information content (AvgIpc) is 3.14. The van der Waals surface area contributed by atoms with E-state index in [9.17, 15) is 9.46 Å². The van der Waals surface area contributed by atoms with E-state index < -0.39 is 38.5 Å². The molecule has 1 fully saturated rings. The van der Waals surface area contributed by atoms with E-state index in [2.05, 4.69) is 15.0 Å². The molecule has 0 amide bonds. The van der Waals surface area contributed by atoms with Crippen LogP contribution in [0.4, 0.5) is 11.8 Å². The average molecular weight is 444 g/mol. The smallest absolute Gasteiger partial charge is 0.382 e. The molecule has 3 heterocycles. The van der Waals surface area contributed by atoms with E-state index >= 15 is 0 Å². The van der Waals surface area contributed by atoms with Crippen molar-refractivity contribution in [3.8, 4) is 0 Å². The first-order valence-electron chi connectivity index (χ1n) is 9.65. The van der Waals surface area contributed by atoms with Crippen LogP contribution in [0.3, 0.4) is 0 Å². The van der Waals surface area contributed by atoms with Crippen molar-refractivity contribution in [2.75, 3.05) is 18.6 Å². The molecule has 2 aromatic heterocycles. The third-order valence-corrected chi connectivity index (χ3v) is 5.80. The van der Waals surface area contributed by atoms with Crippen molar-refractivity contribution in [1.82, 2.24) is 19.5 Å². The van der Waals surface area contributed by atoms with Crippen LogP contribution in [0, 0.1) is 5.92 Å². The van der Waals surface area contributed by atoms with Gasteiger partial charge >= 0.3 is 7.82 Å². The van der Waals surface area contributed by atoms with Crippen molar-refractivity contribution in [2.45, 2.75) is 64.8 Å². The highest BCUT2D eigenvalue weighted by Gasteiger charge is 2.50. The molecule has 0 aromatic carbocycles. The standard InChI is InChI=1S/C17H29N6O6P/c1-8(2)6-10-12(29-30(24,25)28-9(3)4)13(26-5)16(27-10)23-7-20-11-14(18)21-17(19)22-15(11)23/h7-10,12-13,16H,6H2,1-5H3,(H,24,25)(H4,18,19,21,22)/t10-,12?,13?,16-/m1/s1. The van der Waals surface area contributed by atoms with Gasteiger partial charge in [-0.3, -0.25) is 13.6 Å². The molecule has 1 aliphatic heterocycles. The Morgan fingerprint density at radius 1 is 1.27 bits per heavy atom. The number of hydrogen-bond donors (Lipinski definition) is 3. The molecule has 2 aromatic rings. The van der Waals surface area contributed by atoms with Gasteiger partial charge in [0.15, 0.2) is 17.7 Å². The fraction of sp³-hybridized carbons (Fsp3) is 0.706. The van der Waals surface area contributed by atoms with Crippen molar-refractivity contribution in [3.63, 3.8) is 0 Å². The van der Waals surface area contributed by atoms with Crippen LogP contribution in [0.5, 0.6) is 0 Å². The molecular formula is C17H29N6O6P. The Bertz CT molecular complexity index is 937. The van der Waals surface area contributed by atoms with E-state index in [1.54, 1.807) is 18.4 Å². The van der Waals surface area contributed by atoms with Crippen LogP contribution in [0.25, 0.3) is 11.2 Å². The van der Waals surface area contributed by atoms with Gasteiger partial charge < -0.3 is 25.8 Å². The summed E-state index contributed by atoms with van der Waals surface area (Å²) in [6.45, 7) is 7.32. The van der Waals surface area contributed by atoms with Crippen molar-refractivity contribution < 1.29 is 28.0 Å². The molecule has 5 atom stereocenters. The molecule has 0 aliphatic carbocycles. The number of phosphoric ester groups is 1. The Labute approximate surface area is 174 Å². The molecule has 0 spiro atoms. The van der Waals surface area contributed by atoms with Crippen molar-refractivity contribution in [2.24, 2.45) is 5.92 Å². The van der Waals surface area contributed by atoms with Crippen LogP contribution in [-0.2, 0) is 23.1 Å². The van der Waals surface area contributed by atoms with Gasteiger partial charge in [0.05, 0.1) is 18.5 Å². The monoisotopic (exact) mass is 444 g/mol.